The van der Waals surface area contributed by atoms with Crippen LogP contribution in [0.25, 0.3) is 5.69 Å². The number of ether oxygens (including phenoxy) is 1. The lowest BCUT2D eigenvalue weighted by molar-refractivity contribution is 0.291. The van der Waals surface area contributed by atoms with E-state index >= 15 is 0 Å². The Morgan fingerprint density at radius 3 is 2.52 bits per heavy atom. The zero-order valence-corrected chi connectivity index (χ0v) is 17.4. The highest BCUT2D eigenvalue weighted by atomic mass is 35.5. The summed E-state index contributed by atoms with van der Waals surface area (Å²) < 4.78 is 8.05. The van der Waals surface area contributed by atoms with Crippen LogP contribution in [0.4, 0.5) is 0 Å². The topological polar surface area (TPSA) is 52.8 Å². The highest BCUT2D eigenvalue weighted by Gasteiger charge is 2.15. The van der Waals surface area contributed by atoms with Crippen LogP contribution in [0.1, 0.15) is 17.0 Å². The first-order valence-corrected chi connectivity index (χ1v) is 10.5. The first kappa shape index (κ1) is 19.5. The van der Waals surface area contributed by atoms with Gasteiger partial charge < -0.3 is 4.74 Å². The Labute approximate surface area is 178 Å². The number of halogens is 1. The van der Waals surface area contributed by atoms with Gasteiger partial charge in [-0.2, -0.15) is 0 Å². The van der Waals surface area contributed by atoms with Gasteiger partial charge in [-0.1, -0.05) is 65.8 Å². The van der Waals surface area contributed by atoms with Crippen LogP contribution in [0.2, 0.25) is 5.15 Å². The number of aromatic nitrogens is 4. The number of nitrogens with zero attached hydrogens (tertiary/aromatic N) is 4. The molecule has 146 valence electrons. The molecule has 0 radical (unpaired) electrons. The van der Waals surface area contributed by atoms with E-state index in [4.69, 9.17) is 16.3 Å². The Morgan fingerprint density at radius 1 is 0.966 bits per heavy atom. The van der Waals surface area contributed by atoms with Crippen LogP contribution >= 0.6 is 23.4 Å². The van der Waals surface area contributed by atoms with Gasteiger partial charge in [-0.3, -0.25) is 4.57 Å². The number of para-hydroxylation sites is 2. The minimum Gasteiger partial charge on any atom is -0.485 e. The van der Waals surface area contributed by atoms with Crippen molar-refractivity contribution >= 4 is 23.4 Å². The van der Waals surface area contributed by atoms with Crippen LogP contribution in [0, 0.1) is 6.92 Å². The lowest BCUT2D eigenvalue weighted by Gasteiger charge is -2.12. The Bertz CT molecular complexity index is 1080. The molecule has 0 spiro atoms. The van der Waals surface area contributed by atoms with Crippen LogP contribution < -0.4 is 4.74 Å². The molecule has 0 aliphatic heterocycles. The monoisotopic (exact) mass is 422 g/mol. The summed E-state index contributed by atoms with van der Waals surface area (Å²) in [7, 11) is 0. The summed E-state index contributed by atoms with van der Waals surface area (Å²) in [4.78, 5) is 4.14. The number of aryl methyl sites for hydroxylation is 1. The van der Waals surface area contributed by atoms with Gasteiger partial charge in [0.25, 0.3) is 0 Å². The molecule has 0 saturated heterocycles. The molecule has 5 nitrogen and oxygen atoms in total. The van der Waals surface area contributed by atoms with E-state index < -0.39 is 0 Å². The van der Waals surface area contributed by atoms with Crippen LogP contribution in [0.5, 0.6) is 5.75 Å². The highest BCUT2D eigenvalue weighted by Crippen LogP contribution is 2.26. The summed E-state index contributed by atoms with van der Waals surface area (Å²) in [5, 5.41) is 10.1. The van der Waals surface area contributed by atoms with Crippen LogP contribution in [-0.2, 0) is 12.4 Å². The van der Waals surface area contributed by atoms with Gasteiger partial charge >= 0.3 is 0 Å². The molecule has 7 heteroatoms. The molecule has 2 aromatic carbocycles. The number of benzene rings is 2. The lowest BCUT2D eigenvalue weighted by atomic mass is 10.2. The second-order valence-corrected chi connectivity index (χ2v) is 7.73. The Kier molecular flexibility index (Phi) is 6.12. The van der Waals surface area contributed by atoms with Gasteiger partial charge in [0.05, 0.1) is 0 Å². The van der Waals surface area contributed by atoms with Gasteiger partial charge in [-0.15, -0.1) is 10.2 Å². The van der Waals surface area contributed by atoms with Gasteiger partial charge in [-0.25, -0.2) is 4.98 Å². The van der Waals surface area contributed by atoms with E-state index in [1.165, 1.54) is 0 Å². The summed E-state index contributed by atoms with van der Waals surface area (Å²) in [6.45, 7) is 2.36. The maximum atomic E-state index is 6.02. The average Bonchev–Trinajstić information content (AvgIpc) is 3.16. The van der Waals surface area contributed by atoms with E-state index in [9.17, 15) is 0 Å². The molecule has 4 aromatic rings. The number of pyridine rings is 1. The quantitative estimate of drug-likeness (QED) is 0.291. The standard InChI is InChI=1S/C22H19ClN4OS/c1-16-7-5-6-10-19(16)28-14-21-25-26-22(27(21)18-8-3-2-4-9-18)29-15-17-11-12-20(23)24-13-17/h2-13H,14-15H2,1H3. The largest absolute Gasteiger partial charge is 0.485 e. The molecule has 0 N–H and O–H groups in total. The molecular weight excluding hydrogens is 404 g/mol. The van der Waals surface area contributed by atoms with Crippen molar-refractivity contribution in [1.82, 2.24) is 19.7 Å². The summed E-state index contributed by atoms with van der Waals surface area (Å²) in [6.07, 6.45) is 1.78. The minimum absolute atomic E-state index is 0.329. The first-order chi connectivity index (χ1) is 14.2. The summed E-state index contributed by atoms with van der Waals surface area (Å²) >= 11 is 7.47. The molecule has 29 heavy (non-hydrogen) atoms. The van der Waals surface area contributed by atoms with Crippen molar-refractivity contribution in [1.29, 1.82) is 0 Å². The van der Waals surface area contributed by atoms with E-state index in [2.05, 4.69) is 15.2 Å². The minimum atomic E-state index is 0.329. The molecule has 0 fully saturated rings. The molecular formula is C22H19ClN4OS. The normalized spacial score (nSPS) is 10.8. The summed E-state index contributed by atoms with van der Waals surface area (Å²) in [6, 6.07) is 21.8. The fourth-order valence-corrected chi connectivity index (χ4v) is 3.84. The van der Waals surface area contributed by atoms with Crippen molar-refractivity contribution in [3.05, 3.63) is 95.0 Å². The Balaban J connectivity index is 1.58. The number of thioether (sulfide) groups is 1. The first-order valence-electron chi connectivity index (χ1n) is 9.12. The molecule has 0 atom stereocenters. The molecule has 0 unspecified atom stereocenters. The number of hydrogen-bond acceptors (Lipinski definition) is 5. The fourth-order valence-electron chi connectivity index (χ4n) is 2.82. The van der Waals surface area contributed by atoms with E-state index in [0.29, 0.717) is 17.5 Å². The molecule has 2 heterocycles. The highest BCUT2D eigenvalue weighted by molar-refractivity contribution is 7.98. The lowest BCUT2D eigenvalue weighted by Crippen LogP contribution is -2.07. The number of hydrogen-bond donors (Lipinski definition) is 0. The van der Waals surface area contributed by atoms with Gasteiger partial charge in [0.2, 0.25) is 0 Å². The van der Waals surface area contributed by atoms with Gasteiger partial charge in [0.1, 0.15) is 17.5 Å². The molecule has 2 aromatic heterocycles. The zero-order valence-electron chi connectivity index (χ0n) is 15.8. The van der Waals surface area contributed by atoms with E-state index in [1.54, 1.807) is 24.0 Å². The number of rotatable bonds is 7. The maximum absolute atomic E-state index is 6.02. The third-order valence-electron chi connectivity index (χ3n) is 4.32. The molecule has 0 saturated carbocycles. The van der Waals surface area contributed by atoms with E-state index in [-0.39, 0.29) is 0 Å². The second kappa shape index (κ2) is 9.11. The molecule has 0 aliphatic carbocycles. The Hall–Kier alpha value is -2.83. The van der Waals surface area contributed by atoms with Crippen molar-refractivity contribution < 1.29 is 4.74 Å². The predicted octanol–water partition coefficient (Wildman–Crippen LogP) is 5.50. The Morgan fingerprint density at radius 2 is 1.76 bits per heavy atom. The predicted molar refractivity (Wildman–Crippen MR) is 116 cm³/mol. The van der Waals surface area contributed by atoms with Gasteiger partial charge in [0.15, 0.2) is 11.0 Å². The third-order valence-corrected chi connectivity index (χ3v) is 5.55. The smallest absolute Gasteiger partial charge is 0.196 e. The van der Waals surface area contributed by atoms with Crippen molar-refractivity contribution in [2.24, 2.45) is 0 Å². The van der Waals surface area contributed by atoms with Crippen molar-refractivity contribution in [2.45, 2.75) is 24.4 Å². The van der Waals surface area contributed by atoms with Crippen molar-refractivity contribution in [3.8, 4) is 11.4 Å². The van der Waals surface area contributed by atoms with E-state index in [0.717, 1.165) is 33.5 Å². The molecule has 0 aliphatic rings. The van der Waals surface area contributed by atoms with Crippen molar-refractivity contribution in [2.75, 3.05) is 0 Å². The summed E-state index contributed by atoms with van der Waals surface area (Å²) in [5.74, 6) is 2.31. The molecule has 4 rings (SSSR count). The maximum Gasteiger partial charge on any atom is 0.196 e. The van der Waals surface area contributed by atoms with Gasteiger partial charge in [-0.05, 0) is 42.3 Å². The fraction of sp³-hybridized carbons (Fsp3) is 0.136. The van der Waals surface area contributed by atoms with E-state index in [1.807, 2.05) is 72.2 Å². The van der Waals surface area contributed by atoms with Crippen LogP contribution in [0.3, 0.4) is 0 Å². The zero-order chi connectivity index (χ0) is 20.1. The second-order valence-electron chi connectivity index (χ2n) is 6.40. The SMILES string of the molecule is Cc1ccccc1OCc1nnc(SCc2ccc(Cl)nc2)n1-c1ccccc1. The van der Waals surface area contributed by atoms with Gasteiger partial charge in [0, 0.05) is 17.6 Å². The average molecular weight is 423 g/mol. The molecule has 0 amide bonds. The third kappa shape index (κ3) is 4.78. The van der Waals surface area contributed by atoms with Crippen LogP contribution in [-0.4, -0.2) is 19.7 Å². The van der Waals surface area contributed by atoms with Crippen molar-refractivity contribution in [3.63, 3.8) is 0 Å². The van der Waals surface area contributed by atoms with Crippen LogP contribution in [0.15, 0.2) is 78.1 Å². The molecule has 0 bridgehead atoms. The summed E-state index contributed by atoms with van der Waals surface area (Å²) in [5.41, 5.74) is 3.15.